The summed E-state index contributed by atoms with van der Waals surface area (Å²) in [5.41, 5.74) is 0.460. The first-order valence-corrected chi connectivity index (χ1v) is 11.6. The standard InChI is InChI=1S/C24H28N4O8/c29-23(35-15-19-5-1-3-7-21(19)27(31)32)25-13-17-9-11-18(12-10-17)14-26-24(30)36-16-20-6-2-4-8-22(20)28(33)34/h1-8,17-18H,9-16H2,(H,25,29)(H,26,30). The van der Waals surface area contributed by atoms with Crippen LogP contribution >= 0.6 is 0 Å². The fourth-order valence-corrected chi connectivity index (χ4v) is 4.11. The summed E-state index contributed by atoms with van der Waals surface area (Å²) in [4.78, 5) is 45.0. The van der Waals surface area contributed by atoms with Gasteiger partial charge in [-0.1, -0.05) is 24.3 Å². The van der Waals surface area contributed by atoms with Crippen molar-refractivity contribution >= 4 is 23.6 Å². The Kier molecular flexibility index (Phi) is 9.55. The summed E-state index contributed by atoms with van der Waals surface area (Å²) in [6.45, 7) is 0.506. The number of rotatable bonds is 10. The van der Waals surface area contributed by atoms with E-state index in [4.69, 9.17) is 9.47 Å². The molecule has 36 heavy (non-hydrogen) atoms. The molecule has 0 saturated heterocycles. The van der Waals surface area contributed by atoms with Gasteiger partial charge in [0.15, 0.2) is 0 Å². The molecule has 0 radical (unpaired) electrons. The molecule has 0 atom stereocenters. The van der Waals surface area contributed by atoms with E-state index in [0.717, 1.165) is 25.7 Å². The molecule has 2 N–H and O–H groups in total. The predicted octanol–water partition coefficient (Wildman–Crippen LogP) is 4.46. The lowest BCUT2D eigenvalue weighted by Crippen LogP contribution is -2.35. The van der Waals surface area contributed by atoms with E-state index >= 15 is 0 Å². The van der Waals surface area contributed by atoms with Crippen molar-refractivity contribution in [3.8, 4) is 0 Å². The summed E-state index contributed by atoms with van der Waals surface area (Å²) in [6.07, 6.45) is 2.20. The van der Waals surface area contributed by atoms with Gasteiger partial charge >= 0.3 is 12.2 Å². The summed E-state index contributed by atoms with van der Waals surface area (Å²) in [5, 5.41) is 27.5. The highest BCUT2D eigenvalue weighted by Gasteiger charge is 2.23. The number of nitrogens with zero attached hydrogens (tertiary/aromatic N) is 2. The SMILES string of the molecule is O=C(NCC1CCC(CNC(=O)OCc2ccccc2[N+](=O)[O-])CC1)OCc1ccccc1[N+](=O)[O-]. The molecule has 2 aromatic rings. The van der Waals surface area contributed by atoms with Gasteiger partial charge in [-0.3, -0.25) is 20.2 Å². The van der Waals surface area contributed by atoms with Gasteiger partial charge in [0.1, 0.15) is 13.2 Å². The number of carbonyl (C=O) groups is 2. The Morgan fingerprint density at radius 3 is 1.44 bits per heavy atom. The van der Waals surface area contributed by atoms with E-state index in [1.54, 1.807) is 36.4 Å². The van der Waals surface area contributed by atoms with Crippen LogP contribution in [0.1, 0.15) is 36.8 Å². The second kappa shape index (κ2) is 13.0. The molecule has 0 spiro atoms. The second-order valence-electron chi connectivity index (χ2n) is 8.57. The van der Waals surface area contributed by atoms with Crippen molar-refractivity contribution in [2.75, 3.05) is 13.1 Å². The van der Waals surface area contributed by atoms with E-state index in [2.05, 4.69) is 10.6 Å². The first-order valence-electron chi connectivity index (χ1n) is 11.6. The van der Waals surface area contributed by atoms with Gasteiger partial charge in [0, 0.05) is 25.2 Å². The number of hydrogen-bond acceptors (Lipinski definition) is 8. The van der Waals surface area contributed by atoms with Crippen LogP contribution in [0.4, 0.5) is 21.0 Å². The third-order valence-electron chi connectivity index (χ3n) is 6.13. The summed E-state index contributed by atoms with van der Waals surface area (Å²) < 4.78 is 10.2. The maximum absolute atomic E-state index is 12.0. The Hall–Kier alpha value is -4.22. The van der Waals surface area contributed by atoms with Crippen LogP contribution < -0.4 is 10.6 Å². The number of amides is 2. The molecule has 2 aromatic carbocycles. The number of benzene rings is 2. The van der Waals surface area contributed by atoms with E-state index < -0.39 is 22.0 Å². The minimum atomic E-state index is -0.627. The van der Waals surface area contributed by atoms with Crippen molar-refractivity contribution in [1.82, 2.24) is 10.6 Å². The largest absolute Gasteiger partial charge is 0.444 e. The zero-order chi connectivity index (χ0) is 25.9. The molecule has 0 unspecified atom stereocenters. The van der Waals surface area contributed by atoms with Crippen LogP contribution in [0.5, 0.6) is 0 Å². The maximum Gasteiger partial charge on any atom is 0.407 e. The Balaban J connectivity index is 1.30. The molecule has 192 valence electrons. The molecule has 0 aromatic heterocycles. The van der Waals surface area contributed by atoms with Gasteiger partial charge in [-0.05, 0) is 49.7 Å². The van der Waals surface area contributed by atoms with Crippen LogP contribution in [-0.2, 0) is 22.7 Å². The average molecular weight is 501 g/mol. The summed E-state index contributed by atoms with van der Waals surface area (Å²) in [5.74, 6) is 0.538. The number of nitrogens with one attached hydrogen (secondary N) is 2. The van der Waals surface area contributed by atoms with Crippen molar-refractivity contribution in [1.29, 1.82) is 0 Å². The van der Waals surface area contributed by atoms with Crippen molar-refractivity contribution in [2.45, 2.75) is 38.9 Å². The average Bonchev–Trinajstić information content (AvgIpc) is 2.89. The molecule has 1 aliphatic rings. The van der Waals surface area contributed by atoms with Crippen molar-refractivity contribution < 1.29 is 28.9 Å². The summed E-state index contributed by atoms with van der Waals surface area (Å²) >= 11 is 0. The summed E-state index contributed by atoms with van der Waals surface area (Å²) in [6, 6.07) is 12.2. The van der Waals surface area contributed by atoms with Crippen molar-refractivity contribution in [3.05, 3.63) is 79.9 Å². The zero-order valence-corrected chi connectivity index (χ0v) is 19.6. The van der Waals surface area contributed by atoms with E-state index in [1.165, 1.54) is 12.1 Å². The van der Waals surface area contributed by atoms with Gasteiger partial charge in [-0.2, -0.15) is 0 Å². The zero-order valence-electron chi connectivity index (χ0n) is 19.6. The summed E-state index contributed by atoms with van der Waals surface area (Å²) in [7, 11) is 0. The van der Waals surface area contributed by atoms with Crippen LogP contribution in [0.3, 0.4) is 0 Å². The molecular formula is C24H28N4O8. The van der Waals surface area contributed by atoms with Crippen LogP contribution in [0.15, 0.2) is 48.5 Å². The van der Waals surface area contributed by atoms with Gasteiger partial charge < -0.3 is 20.1 Å². The molecule has 2 amide bonds. The lowest BCUT2D eigenvalue weighted by atomic mass is 9.82. The molecule has 1 fully saturated rings. The number of para-hydroxylation sites is 2. The minimum absolute atomic E-state index is 0.0949. The van der Waals surface area contributed by atoms with E-state index in [-0.39, 0.29) is 36.4 Å². The quantitative estimate of drug-likeness (QED) is 0.357. The fraction of sp³-hybridized carbons (Fsp3) is 0.417. The van der Waals surface area contributed by atoms with E-state index in [0.29, 0.717) is 24.2 Å². The smallest absolute Gasteiger partial charge is 0.407 e. The molecule has 0 aliphatic heterocycles. The van der Waals surface area contributed by atoms with E-state index in [1.807, 2.05) is 0 Å². The van der Waals surface area contributed by atoms with Gasteiger partial charge in [-0.25, -0.2) is 9.59 Å². The van der Waals surface area contributed by atoms with Crippen LogP contribution in [-0.4, -0.2) is 35.1 Å². The molecule has 1 saturated carbocycles. The minimum Gasteiger partial charge on any atom is -0.444 e. The molecule has 12 nitrogen and oxygen atoms in total. The number of nitro benzene ring substituents is 2. The van der Waals surface area contributed by atoms with Crippen molar-refractivity contribution in [2.24, 2.45) is 11.8 Å². The Bertz CT molecular complexity index is 1000. The molecule has 1 aliphatic carbocycles. The highest BCUT2D eigenvalue weighted by atomic mass is 16.6. The van der Waals surface area contributed by atoms with Gasteiger partial charge in [0.25, 0.3) is 11.4 Å². The second-order valence-corrected chi connectivity index (χ2v) is 8.57. The lowest BCUT2D eigenvalue weighted by Gasteiger charge is -2.28. The number of nitro groups is 2. The van der Waals surface area contributed by atoms with Crippen LogP contribution in [0, 0.1) is 32.1 Å². The molecular weight excluding hydrogens is 472 g/mol. The molecule has 0 heterocycles. The highest BCUT2D eigenvalue weighted by Crippen LogP contribution is 2.28. The van der Waals surface area contributed by atoms with Gasteiger partial charge in [-0.15, -0.1) is 0 Å². The fourth-order valence-electron chi connectivity index (χ4n) is 4.11. The Labute approximate surface area is 207 Å². The first kappa shape index (κ1) is 26.4. The Morgan fingerprint density at radius 2 is 1.08 bits per heavy atom. The van der Waals surface area contributed by atoms with Gasteiger partial charge in [0.05, 0.1) is 21.0 Å². The highest BCUT2D eigenvalue weighted by molar-refractivity contribution is 5.67. The van der Waals surface area contributed by atoms with Crippen LogP contribution in [0.25, 0.3) is 0 Å². The maximum atomic E-state index is 12.0. The molecule has 12 heteroatoms. The normalized spacial score (nSPS) is 17.0. The third kappa shape index (κ3) is 7.93. The molecule has 3 rings (SSSR count). The van der Waals surface area contributed by atoms with E-state index in [9.17, 15) is 29.8 Å². The number of hydrogen-bond donors (Lipinski definition) is 2. The van der Waals surface area contributed by atoms with Crippen molar-refractivity contribution in [3.63, 3.8) is 0 Å². The Morgan fingerprint density at radius 1 is 0.722 bits per heavy atom. The van der Waals surface area contributed by atoms with Gasteiger partial charge in [0.2, 0.25) is 0 Å². The number of alkyl carbamates (subject to hydrolysis) is 2. The molecule has 0 bridgehead atoms. The predicted molar refractivity (Wildman–Crippen MR) is 128 cm³/mol. The number of ether oxygens (including phenoxy) is 2. The lowest BCUT2D eigenvalue weighted by molar-refractivity contribution is -0.386. The topological polar surface area (TPSA) is 163 Å². The monoisotopic (exact) mass is 500 g/mol. The third-order valence-corrected chi connectivity index (χ3v) is 6.13. The first-order chi connectivity index (χ1) is 17.3. The van der Waals surface area contributed by atoms with Crippen LogP contribution in [0.2, 0.25) is 0 Å². The number of carbonyl (C=O) groups excluding carboxylic acids is 2.